The van der Waals surface area contributed by atoms with Crippen molar-refractivity contribution in [2.45, 2.75) is 103 Å². The van der Waals surface area contributed by atoms with Crippen LogP contribution >= 0.6 is 11.3 Å². The highest BCUT2D eigenvalue weighted by Gasteiger charge is 2.30. The summed E-state index contributed by atoms with van der Waals surface area (Å²) in [7, 11) is 0. The summed E-state index contributed by atoms with van der Waals surface area (Å²) in [5.74, 6) is -0.258. The van der Waals surface area contributed by atoms with E-state index in [1.807, 2.05) is 42.7 Å². The number of nitrogens with zero attached hydrogens (tertiary/aromatic N) is 2. The molecule has 9 heteroatoms. The Kier molecular flexibility index (Phi) is 11.9. The second kappa shape index (κ2) is 16.1. The van der Waals surface area contributed by atoms with Crippen molar-refractivity contribution < 1.29 is 19.5 Å². The number of hydrogen-bond acceptors (Lipinski definition) is 6. The maximum Gasteiger partial charge on any atom is 0.326 e. The van der Waals surface area contributed by atoms with E-state index in [1.165, 1.54) is 49.0 Å². The molecular weight excluding hydrogens is 645 g/mol. The quantitative estimate of drug-likeness (QED) is 0.137. The molecule has 2 atom stereocenters. The molecule has 50 heavy (non-hydrogen) atoms. The molecule has 3 N–H and O–H groups in total. The number of rotatable bonds is 12. The summed E-state index contributed by atoms with van der Waals surface area (Å²) in [6.07, 6.45) is 10.3. The molecule has 0 bridgehead atoms. The molecule has 8 nitrogen and oxygen atoms in total. The van der Waals surface area contributed by atoms with Gasteiger partial charge in [0.1, 0.15) is 12.1 Å². The van der Waals surface area contributed by atoms with Crippen molar-refractivity contribution in [2.75, 3.05) is 0 Å². The van der Waals surface area contributed by atoms with Gasteiger partial charge in [-0.15, -0.1) is 11.3 Å². The topological polar surface area (TPSA) is 121 Å². The number of carboxylic acids is 1. The lowest BCUT2D eigenvalue weighted by Gasteiger charge is -2.28. The maximum atomic E-state index is 13.5. The van der Waals surface area contributed by atoms with Crippen LogP contribution in [0.25, 0.3) is 22.5 Å². The maximum absolute atomic E-state index is 13.5. The van der Waals surface area contributed by atoms with Crippen LogP contribution in [0.15, 0.2) is 73.1 Å². The third-order valence-corrected chi connectivity index (χ3v) is 11.4. The minimum atomic E-state index is -1.12. The molecular formula is C41H50N4O4S. The van der Waals surface area contributed by atoms with Crippen LogP contribution in [-0.4, -0.2) is 44.9 Å². The van der Waals surface area contributed by atoms with Gasteiger partial charge in [-0.3, -0.25) is 9.59 Å². The zero-order valence-corrected chi connectivity index (χ0v) is 30.8. The van der Waals surface area contributed by atoms with Crippen LogP contribution in [0.2, 0.25) is 0 Å². The molecule has 0 saturated heterocycles. The number of carbonyl (C=O) groups is 3. The average Bonchev–Trinajstić information content (AvgIpc) is 3.62. The zero-order valence-electron chi connectivity index (χ0n) is 30.0. The fourth-order valence-electron chi connectivity index (χ4n) is 6.57. The van der Waals surface area contributed by atoms with E-state index in [9.17, 15) is 19.5 Å². The third-order valence-electron chi connectivity index (χ3n) is 9.86. The van der Waals surface area contributed by atoms with Gasteiger partial charge in [0.25, 0.3) is 5.91 Å². The van der Waals surface area contributed by atoms with E-state index in [2.05, 4.69) is 72.6 Å². The van der Waals surface area contributed by atoms with Gasteiger partial charge in [-0.2, -0.15) is 0 Å². The zero-order chi connectivity index (χ0) is 36.0. The molecule has 2 heterocycles. The van der Waals surface area contributed by atoms with E-state index in [0.717, 1.165) is 33.0 Å². The lowest BCUT2D eigenvalue weighted by atomic mass is 9.78. The first-order chi connectivity index (χ1) is 23.8. The molecule has 1 saturated carbocycles. The number of aromatic nitrogens is 2. The monoisotopic (exact) mass is 694 g/mol. The van der Waals surface area contributed by atoms with Crippen molar-refractivity contribution in [3.8, 4) is 22.5 Å². The molecule has 2 aromatic heterocycles. The molecule has 1 fully saturated rings. The van der Waals surface area contributed by atoms with E-state index in [1.54, 1.807) is 19.9 Å². The molecule has 0 spiro atoms. The fourth-order valence-corrected chi connectivity index (χ4v) is 7.54. The summed E-state index contributed by atoms with van der Waals surface area (Å²) in [4.78, 5) is 49.4. The molecule has 1 aliphatic rings. The third kappa shape index (κ3) is 9.24. The highest BCUT2D eigenvalue weighted by atomic mass is 32.1. The summed E-state index contributed by atoms with van der Waals surface area (Å²) >= 11 is 1.39. The molecule has 0 radical (unpaired) electrons. The van der Waals surface area contributed by atoms with Crippen LogP contribution in [0.4, 0.5) is 0 Å². The minimum Gasteiger partial charge on any atom is -0.480 e. The molecule has 264 valence electrons. The van der Waals surface area contributed by atoms with Crippen LogP contribution < -0.4 is 10.6 Å². The lowest BCUT2D eigenvalue weighted by molar-refractivity contribution is -0.143. The Morgan fingerprint density at radius 1 is 0.840 bits per heavy atom. The summed E-state index contributed by atoms with van der Waals surface area (Å²) in [6.45, 7) is 12.0. The van der Waals surface area contributed by atoms with Gasteiger partial charge < -0.3 is 15.7 Å². The van der Waals surface area contributed by atoms with E-state index in [4.69, 9.17) is 0 Å². The van der Waals surface area contributed by atoms with Gasteiger partial charge in [0.05, 0.1) is 4.88 Å². The molecule has 5 rings (SSSR count). The number of carboxylic acid groups (broad SMARTS) is 1. The molecule has 1 aliphatic carbocycles. The summed E-state index contributed by atoms with van der Waals surface area (Å²) in [5, 5.41) is 15.2. The average molecular weight is 695 g/mol. The molecule has 4 aromatic rings. The summed E-state index contributed by atoms with van der Waals surface area (Å²) in [6, 6.07) is 18.0. The summed E-state index contributed by atoms with van der Waals surface area (Å²) in [5.41, 5.74) is 4.97. The molecule has 2 aromatic carbocycles. The van der Waals surface area contributed by atoms with Gasteiger partial charge in [0.2, 0.25) is 5.91 Å². The van der Waals surface area contributed by atoms with E-state index in [0.29, 0.717) is 16.6 Å². The van der Waals surface area contributed by atoms with Crippen LogP contribution in [0.3, 0.4) is 0 Å². The number of aliphatic carboxylic acids is 1. The van der Waals surface area contributed by atoms with Gasteiger partial charge in [-0.05, 0) is 77.7 Å². The predicted molar refractivity (Wildman–Crippen MR) is 200 cm³/mol. The first-order valence-electron chi connectivity index (χ1n) is 17.8. The van der Waals surface area contributed by atoms with Gasteiger partial charge in [0.15, 0.2) is 5.82 Å². The van der Waals surface area contributed by atoms with Gasteiger partial charge >= 0.3 is 5.97 Å². The minimum absolute atomic E-state index is 0.115. The van der Waals surface area contributed by atoms with Crippen molar-refractivity contribution in [1.82, 2.24) is 20.6 Å². The van der Waals surface area contributed by atoms with Crippen molar-refractivity contribution in [2.24, 2.45) is 11.8 Å². The van der Waals surface area contributed by atoms with E-state index >= 15 is 0 Å². The first kappa shape index (κ1) is 36.9. The number of benzene rings is 2. The van der Waals surface area contributed by atoms with E-state index < -0.39 is 24.0 Å². The first-order valence-corrected chi connectivity index (χ1v) is 18.6. The van der Waals surface area contributed by atoms with E-state index in [-0.39, 0.29) is 23.7 Å². The number of thiophene rings is 1. The lowest BCUT2D eigenvalue weighted by Crippen LogP contribution is -2.53. The van der Waals surface area contributed by atoms with Gasteiger partial charge in [-0.25, -0.2) is 14.8 Å². The van der Waals surface area contributed by atoms with Crippen LogP contribution in [-0.2, 0) is 21.4 Å². The van der Waals surface area contributed by atoms with Gasteiger partial charge in [-0.1, -0.05) is 96.5 Å². The number of carbonyl (C=O) groups excluding carboxylic acids is 2. The Labute approximate surface area is 300 Å². The molecule has 2 amide bonds. The highest BCUT2D eigenvalue weighted by Crippen LogP contribution is 2.37. The predicted octanol–water partition coefficient (Wildman–Crippen LogP) is 8.42. The Morgan fingerprint density at radius 3 is 2.00 bits per heavy atom. The Balaban J connectivity index is 1.27. The Bertz CT molecular complexity index is 1750. The molecule has 0 unspecified atom stereocenters. The largest absolute Gasteiger partial charge is 0.480 e. The summed E-state index contributed by atoms with van der Waals surface area (Å²) < 4.78 is 0. The van der Waals surface area contributed by atoms with Crippen LogP contribution in [0.1, 0.15) is 105 Å². The Hall–Kier alpha value is -4.37. The number of amides is 2. The number of hydrogen-bond donors (Lipinski definition) is 3. The normalized spacial score (nSPS) is 17.6. The van der Waals surface area contributed by atoms with Crippen molar-refractivity contribution in [3.63, 3.8) is 0 Å². The SMILES string of the molecule is CC[C@H]1CC[C@H](c2ccc(-c3cnc(-c4ccc(C[C@H](NC(=O)c5ccc(C(C)(C)C)s5)C(=O)N[C@H](C(=O)O)C(C)C)cc4)nc3)cc2)CC1. The van der Waals surface area contributed by atoms with Crippen LogP contribution in [0.5, 0.6) is 0 Å². The molecule has 0 aliphatic heterocycles. The van der Waals surface area contributed by atoms with Crippen molar-refractivity contribution in [1.29, 1.82) is 0 Å². The van der Waals surface area contributed by atoms with Gasteiger partial charge in [0, 0.05) is 34.8 Å². The standard InChI is InChI=1S/C41H50N4O4S/c1-7-26-8-12-28(13-9-26)29-16-18-30(19-17-29)32-23-42-37(43-24-32)31-14-10-27(11-15-31)22-33(38(46)45-36(25(2)3)40(48)49)44-39(47)34-20-21-35(50-34)41(4,5)6/h10-11,14-21,23-26,28,33,36H,7-9,12-13,22H2,1-6H3,(H,44,47)(H,45,46)(H,48,49)/t26-,28-,33-,36-/m0/s1. The second-order valence-electron chi connectivity index (χ2n) is 15.0. The fraction of sp³-hybridized carbons (Fsp3) is 0.439. The highest BCUT2D eigenvalue weighted by molar-refractivity contribution is 7.14. The van der Waals surface area contributed by atoms with Crippen molar-refractivity contribution in [3.05, 3.63) is 93.9 Å². The van der Waals surface area contributed by atoms with Crippen molar-refractivity contribution >= 4 is 29.1 Å². The number of nitrogens with one attached hydrogen (secondary N) is 2. The van der Waals surface area contributed by atoms with Crippen LogP contribution in [0, 0.1) is 11.8 Å². The Morgan fingerprint density at radius 2 is 1.46 bits per heavy atom. The smallest absolute Gasteiger partial charge is 0.326 e. The second-order valence-corrected chi connectivity index (χ2v) is 16.0.